The minimum Gasteiger partial charge on any atom is -0.338 e. The van der Waals surface area contributed by atoms with Gasteiger partial charge < -0.3 is 10.2 Å². The SMILES string of the molecule is CCN(Cc1ccc(Cl)s1)C(=O)NCC(C)C. The molecule has 0 spiro atoms. The molecule has 0 saturated heterocycles. The van der Waals surface area contributed by atoms with Crippen LogP contribution in [0.1, 0.15) is 25.6 Å². The number of thiophene rings is 1. The quantitative estimate of drug-likeness (QED) is 0.874. The summed E-state index contributed by atoms with van der Waals surface area (Å²) < 4.78 is 0.763. The lowest BCUT2D eigenvalue weighted by molar-refractivity contribution is 0.197. The van der Waals surface area contributed by atoms with Crippen LogP contribution in [0, 0.1) is 5.92 Å². The van der Waals surface area contributed by atoms with Crippen LogP contribution in [0.25, 0.3) is 0 Å². The fraction of sp³-hybridized carbons (Fsp3) is 0.583. The first-order valence-corrected chi connectivity index (χ1v) is 6.99. The molecule has 0 aliphatic rings. The third-order valence-electron chi connectivity index (χ3n) is 2.31. The van der Waals surface area contributed by atoms with Crippen LogP contribution in [0.4, 0.5) is 4.79 Å². The fourth-order valence-electron chi connectivity index (χ4n) is 1.36. The maximum absolute atomic E-state index is 11.9. The summed E-state index contributed by atoms with van der Waals surface area (Å²) in [7, 11) is 0. The Bertz CT molecular complexity index is 365. The van der Waals surface area contributed by atoms with Gasteiger partial charge in [-0.2, -0.15) is 0 Å². The van der Waals surface area contributed by atoms with Crippen LogP contribution in [0.15, 0.2) is 12.1 Å². The topological polar surface area (TPSA) is 32.3 Å². The third-order valence-corrected chi connectivity index (χ3v) is 3.52. The van der Waals surface area contributed by atoms with Gasteiger partial charge in [0, 0.05) is 18.0 Å². The summed E-state index contributed by atoms with van der Waals surface area (Å²) in [5, 5.41) is 2.92. The zero-order valence-electron chi connectivity index (χ0n) is 10.5. The van der Waals surface area contributed by atoms with Crippen molar-refractivity contribution < 1.29 is 4.79 Å². The second-order valence-corrected chi connectivity index (χ2v) is 6.10. The Morgan fingerprint density at radius 3 is 2.71 bits per heavy atom. The van der Waals surface area contributed by atoms with Crippen molar-refractivity contribution in [2.45, 2.75) is 27.3 Å². The Balaban J connectivity index is 2.50. The van der Waals surface area contributed by atoms with E-state index >= 15 is 0 Å². The Kier molecular flexibility index (Phi) is 5.78. The van der Waals surface area contributed by atoms with E-state index < -0.39 is 0 Å². The lowest BCUT2D eigenvalue weighted by atomic mass is 10.2. The fourth-order valence-corrected chi connectivity index (χ4v) is 2.46. The van der Waals surface area contributed by atoms with Gasteiger partial charge in [0.05, 0.1) is 10.9 Å². The zero-order chi connectivity index (χ0) is 12.8. The standard InChI is InChI=1S/C12H19ClN2OS/c1-4-15(12(16)14-7-9(2)3)8-10-5-6-11(13)17-10/h5-6,9H,4,7-8H2,1-3H3,(H,14,16). The minimum atomic E-state index is -0.00859. The van der Waals surface area contributed by atoms with Gasteiger partial charge in [-0.3, -0.25) is 0 Å². The van der Waals surface area contributed by atoms with Crippen LogP contribution in [0.3, 0.4) is 0 Å². The Labute approximate surface area is 112 Å². The molecule has 1 rings (SSSR count). The minimum absolute atomic E-state index is 0.00859. The smallest absolute Gasteiger partial charge is 0.317 e. The van der Waals surface area contributed by atoms with Crippen molar-refractivity contribution in [3.8, 4) is 0 Å². The molecule has 3 nitrogen and oxygen atoms in total. The van der Waals surface area contributed by atoms with Crippen LogP contribution in [0.2, 0.25) is 4.34 Å². The molecule has 0 aromatic carbocycles. The number of nitrogens with one attached hydrogen (secondary N) is 1. The van der Waals surface area contributed by atoms with E-state index in [1.807, 2.05) is 19.1 Å². The maximum Gasteiger partial charge on any atom is 0.317 e. The van der Waals surface area contributed by atoms with Gasteiger partial charge in [-0.15, -0.1) is 11.3 Å². The van der Waals surface area contributed by atoms with Gasteiger partial charge in [0.1, 0.15) is 0 Å². The predicted octanol–water partition coefficient (Wildman–Crippen LogP) is 3.59. The van der Waals surface area contributed by atoms with Gasteiger partial charge in [-0.1, -0.05) is 25.4 Å². The van der Waals surface area contributed by atoms with Crippen molar-refractivity contribution in [1.82, 2.24) is 10.2 Å². The van der Waals surface area contributed by atoms with Gasteiger partial charge in [0.15, 0.2) is 0 Å². The van der Waals surface area contributed by atoms with Crippen LogP contribution in [-0.2, 0) is 6.54 Å². The average molecular weight is 275 g/mol. The van der Waals surface area contributed by atoms with Crippen molar-refractivity contribution >= 4 is 29.0 Å². The summed E-state index contributed by atoms with van der Waals surface area (Å²) >= 11 is 7.39. The molecular weight excluding hydrogens is 256 g/mol. The molecule has 0 aliphatic heterocycles. The number of amides is 2. The van der Waals surface area contributed by atoms with E-state index in [2.05, 4.69) is 19.2 Å². The first-order valence-electron chi connectivity index (χ1n) is 5.80. The highest BCUT2D eigenvalue weighted by molar-refractivity contribution is 7.16. The van der Waals surface area contributed by atoms with E-state index in [0.29, 0.717) is 25.6 Å². The molecular formula is C12H19ClN2OS. The highest BCUT2D eigenvalue weighted by Gasteiger charge is 2.12. The van der Waals surface area contributed by atoms with Crippen LogP contribution in [0.5, 0.6) is 0 Å². The summed E-state index contributed by atoms with van der Waals surface area (Å²) in [4.78, 5) is 14.8. The lowest BCUT2D eigenvalue weighted by Crippen LogP contribution is -2.40. The maximum atomic E-state index is 11.9. The number of halogens is 1. The van der Waals surface area contributed by atoms with E-state index in [-0.39, 0.29) is 6.03 Å². The average Bonchev–Trinajstić information content (AvgIpc) is 2.68. The monoisotopic (exact) mass is 274 g/mol. The Morgan fingerprint density at radius 2 is 2.24 bits per heavy atom. The number of carbonyl (C=O) groups excluding carboxylic acids is 1. The molecule has 1 aromatic rings. The van der Waals surface area contributed by atoms with Crippen LogP contribution in [-0.4, -0.2) is 24.0 Å². The molecule has 5 heteroatoms. The zero-order valence-corrected chi connectivity index (χ0v) is 12.1. The van der Waals surface area contributed by atoms with E-state index in [1.165, 1.54) is 11.3 Å². The lowest BCUT2D eigenvalue weighted by Gasteiger charge is -2.21. The molecule has 96 valence electrons. The number of carbonyl (C=O) groups is 1. The van der Waals surface area contributed by atoms with E-state index in [9.17, 15) is 4.79 Å². The van der Waals surface area contributed by atoms with Crippen LogP contribution < -0.4 is 5.32 Å². The molecule has 2 amide bonds. The van der Waals surface area contributed by atoms with Crippen molar-refractivity contribution in [2.24, 2.45) is 5.92 Å². The number of urea groups is 1. The summed E-state index contributed by atoms with van der Waals surface area (Å²) in [5.41, 5.74) is 0. The number of hydrogen-bond acceptors (Lipinski definition) is 2. The first-order chi connectivity index (χ1) is 8.02. The van der Waals surface area contributed by atoms with Crippen molar-refractivity contribution in [2.75, 3.05) is 13.1 Å². The molecule has 1 aromatic heterocycles. The van der Waals surface area contributed by atoms with E-state index in [4.69, 9.17) is 11.6 Å². The first kappa shape index (κ1) is 14.3. The van der Waals surface area contributed by atoms with Crippen LogP contribution >= 0.6 is 22.9 Å². The van der Waals surface area contributed by atoms with Crippen molar-refractivity contribution in [1.29, 1.82) is 0 Å². The molecule has 0 saturated carbocycles. The van der Waals surface area contributed by atoms with Gasteiger partial charge in [-0.25, -0.2) is 4.79 Å². The normalized spacial score (nSPS) is 10.6. The molecule has 0 bridgehead atoms. The molecule has 0 aliphatic carbocycles. The second kappa shape index (κ2) is 6.87. The van der Waals surface area contributed by atoms with Gasteiger partial charge in [0.2, 0.25) is 0 Å². The molecule has 0 unspecified atom stereocenters. The molecule has 0 fully saturated rings. The highest BCUT2D eigenvalue weighted by Crippen LogP contribution is 2.22. The number of rotatable bonds is 5. The van der Waals surface area contributed by atoms with Gasteiger partial charge in [-0.05, 0) is 25.0 Å². The van der Waals surface area contributed by atoms with Crippen molar-refractivity contribution in [3.63, 3.8) is 0 Å². The molecule has 0 atom stereocenters. The molecule has 0 radical (unpaired) electrons. The van der Waals surface area contributed by atoms with E-state index in [1.54, 1.807) is 4.90 Å². The summed E-state index contributed by atoms with van der Waals surface area (Å²) in [6.45, 7) is 8.16. The Morgan fingerprint density at radius 1 is 1.53 bits per heavy atom. The predicted molar refractivity (Wildman–Crippen MR) is 73.6 cm³/mol. The largest absolute Gasteiger partial charge is 0.338 e. The highest BCUT2D eigenvalue weighted by atomic mass is 35.5. The molecule has 17 heavy (non-hydrogen) atoms. The number of hydrogen-bond donors (Lipinski definition) is 1. The van der Waals surface area contributed by atoms with Crippen molar-refractivity contribution in [3.05, 3.63) is 21.3 Å². The summed E-state index contributed by atoms with van der Waals surface area (Å²) in [6.07, 6.45) is 0. The Hall–Kier alpha value is -0.740. The second-order valence-electron chi connectivity index (χ2n) is 4.30. The molecule has 1 N–H and O–H groups in total. The third kappa shape index (κ3) is 4.96. The van der Waals surface area contributed by atoms with Gasteiger partial charge >= 0.3 is 6.03 Å². The molecule has 1 heterocycles. The van der Waals surface area contributed by atoms with E-state index in [0.717, 1.165) is 9.21 Å². The summed E-state index contributed by atoms with van der Waals surface area (Å²) in [6, 6.07) is 3.82. The van der Waals surface area contributed by atoms with Gasteiger partial charge in [0.25, 0.3) is 0 Å². The summed E-state index contributed by atoms with van der Waals surface area (Å²) in [5.74, 6) is 0.467. The number of nitrogens with zero attached hydrogens (tertiary/aromatic N) is 1.